The predicted molar refractivity (Wildman–Crippen MR) is 106 cm³/mol. The molecule has 6 nitrogen and oxygen atoms in total. The van der Waals surface area contributed by atoms with E-state index in [1.54, 1.807) is 7.11 Å². The summed E-state index contributed by atoms with van der Waals surface area (Å²) in [5.74, 6) is 2.01. The number of thioether (sulfide) groups is 1. The molecule has 2 aromatic rings. The monoisotopic (exact) mass is 394 g/mol. The SMILES string of the molecule is CC[C@@H]1CCc2sc(-c3nnc(SCC(=O)NCCOC)n3C)cc2C1. The average Bonchev–Trinajstić information content (AvgIpc) is 3.22. The Morgan fingerprint density at radius 3 is 3.12 bits per heavy atom. The molecule has 2 heterocycles. The molecule has 0 aromatic carbocycles. The number of methoxy groups -OCH3 is 1. The van der Waals surface area contributed by atoms with Gasteiger partial charge in [-0.25, -0.2) is 0 Å². The average molecular weight is 395 g/mol. The van der Waals surface area contributed by atoms with Crippen LogP contribution in [0.3, 0.4) is 0 Å². The molecule has 3 rings (SSSR count). The molecular weight excluding hydrogens is 368 g/mol. The van der Waals surface area contributed by atoms with E-state index in [0.29, 0.717) is 18.9 Å². The van der Waals surface area contributed by atoms with Crippen LogP contribution in [-0.2, 0) is 29.4 Å². The number of carbonyl (C=O) groups excluding carboxylic acids is 1. The lowest BCUT2D eigenvalue weighted by Gasteiger charge is -2.19. The number of carbonyl (C=O) groups is 1. The molecule has 0 spiro atoms. The Bertz CT molecular complexity index is 756. The fraction of sp³-hybridized carbons (Fsp3) is 0.611. The first-order valence-corrected chi connectivity index (χ1v) is 10.8. The Hall–Kier alpha value is -1.38. The highest BCUT2D eigenvalue weighted by Crippen LogP contribution is 2.37. The molecule has 1 aliphatic carbocycles. The van der Waals surface area contributed by atoms with Crippen molar-refractivity contribution in [2.24, 2.45) is 13.0 Å². The van der Waals surface area contributed by atoms with E-state index in [2.05, 4.69) is 28.5 Å². The van der Waals surface area contributed by atoms with E-state index in [1.165, 1.54) is 52.8 Å². The van der Waals surface area contributed by atoms with E-state index >= 15 is 0 Å². The van der Waals surface area contributed by atoms with Crippen molar-refractivity contribution < 1.29 is 9.53 Å². The maximum atomic E-state index is 11.8. The van der Waals surface area contributed by atoms with Crippen LogP contribution in [0.5, 0.6) is 0 Å². The highest BCUT2D eigenvalue weighted by molar-refractivity contribution is 7.99. The van der Waals surface area contributed by atoms with Crippen LogP contribution in [0.25, 0.3) is 10.7 Å². The fourth-order valence-electron chi connectivity index (χ4n) is 3.19. The van der Waals surface area contributed by atoms with Gasteiger partial charge in [-0.1, -0.05) is 25.1 Å². The number of nitrogens with one attached hydrogen (secondary N) is 1. The number of nitrogens with zero attached hydrogens (tertiary/aromatic N) is 3. The number of aryl methyl sites for hydroxylation is 1. The van der Waals surface area contributed by atoms with Crippen LogP contribution in [0.4, 0.5) is 0 Å². The number of rotatable bonds is 8. The first-order chi connectivity index (χ1) is 12.6. The summed E-state index contributed by atoms with van der Waals surface area (Å²) < 4.78 is 6.92. The minimum atomic E-state index is -0.0196. The van der Waals surface area contributed by atoms with Crippen LogP contribution >= 0.6 is 23.1 Å². The van der Waals surface area contributed by atoms with Crippen molar-refractivity contribution in [3.63, 3.8) is 0 Å². The zero-order valence-electron chi connectivity index (χ0n) is 15.6. The van der Waals surface area contributed by atoms with Crippen molar-refractivity contribution >= 4 is 29.0 Å². The molecule has 0 bridgehead atoms. The lowest BCUT2D eigenvalue weighted by molar-refractivity contribution is -0.118. The number of fused-ring (bicyclic) bond motifs is 1. The van der Waals surface area contributed by atoms with Crippen LogP contribution in [0.15, 0.2) is 11.2 Å². The van der Waals surface area contributed by atoms with Gasteiger partial charge < -0.3 is 14.6 Å². The van der Waals surface area contributed by atoms with Crippen molar-refractivity contribution in [2.45, 2.75) is 37.8 Å². The Morgan fingerprint density at radius 1 is 1.50 bits per heavy atom. The van der Waals surface area contributed by atoms with Crippen LogP contribution < -0.4 is 5.32 Å². The third-order valence-electron chi connectivity index (χ3n) is 4.78. The summed E-state index contributed by atoms with van der Waals surface area (Å²) in [4.78, 5) is 14.5. The smallest absolute Gasteiger partial charge is 0.230 e. The van der Waals surface area contributed by atoms with Gasteiger partial charge in [0.25, 0.3) is 0 Å². The standard InChI is InChI=1S/C18H26N4O2S2/c1-4-12-5-6-14-13(9-12)10-15(26-14)17-20-21-18(22(17)2)25-11-16(23)19-7-8-24-3/h10,12H,4-9,11H2,1-3H3,(H,19,23)/t12-/m1/s1. The van der Waals surface area contributed by atoms with Crippen LogP contribution in [0, 0.1) is 5.92 Å². The van der Waals surface area contributed by atoms with Gasteiger partial charge in [-0.3, -0.25) is 4.79 Å². The van der Waals surface area contributed by atoms with Gasteiger partial charge in [0, 0.05) is 25.6 Å². The van der Waals surface area contributed by atoms with E-state index in [4.69, 9.17) is 4.74 Å². The summed E-state index contributed by atoms with van der Waals surface area (Å²) in [6, 6.07) is 2.29. The highest BCUT2D eigenvalue weighted by atomic mass is 32.2. The minimum absolute atomic E-state index is 0.0196. The summed E-state index contributed by atoms with van der Waals surface area (Å²) in [6.07, 6.45) is 4.91. The molecule has 1 amide bonds. The largest absolute Gasteiger partial charge is 0.383 e. The Labute approximate surface area is 162 Å². The topological polar surface area (TPSA) is 69.0 Å². The zero-order valence-corrected chi connectivity index (χ0v) is 17.2. The normalized spacial score (nSPS) is 16.5. The third-order valence-corrected chi connectivity index (χ3v) is 7.03. The molecule has 0 aliphatic heterocycles. The summed E-state index contributed by atoms with van der Waals surface area (Å²) in [6.45, 7) is 3.33. The number of ether oxygens (including phenoxy) is 1. The predicted octanol–water partition coefficient (Wildman–Crippen LogP) is 2.91. The van der Waals surface area contributed by atoms with Gasteiger partial charge in [0.15, 0.2) is 11.0 Å². The van der Waals surface area contributed by atoms with Gasteiger partial charge in [0.1, 0.15) is 0 Å². The summed E-state index contributed by atoms with van der Waals surface area (Å²) >= 11 is 3.25. The molecule has 0 fully saturated rings. The summed E-state index contributed by atoms with van der Waals surface area (Å²) in [5, 5.41) is 12.2. The molecule has 0 saturated carbocycles. The number of amides is 1. The van der Waals surface area contributed by atoms with Gasteiger partial charge in [-0.05, 0) is 36.8 Å². The Balaban J connectivity index is 1.64. The number of thiophene rings is 1. The molecule has 8 heteroatoms. The van der Waals surface area contributed by atoms with Crippen molar-refractivity contribution in [3.05, 3.63) is 16.5 Å². The second-order valence-corrected chi connectivity index (χ2v) is 8.65. The van der Waals surface area contributed by atoms with Crippen molar-refractivity contribution in [3.8, 4) is 10.7 Å². The van der Waals surface area contributed by atoms with Crippen molar-refractivity contribution in [2.75, 3.05) is 26.0 Å². The lowest BCUT2D eigenvalue weighted by atomic mass is 9.87. The molecule has 1 N–H and O–H groups in total. The van der Waals surface area contributed by atoms with Crippen LogP contribution in [0.2, 0.25) is 0 Å². The molecule has 1 atom stereocenters. The quantitative estimate of drug-likeness (QED) is 0.551. The lowest BCUT2D eigenvalue weighted by Crippen LogP contribution is -2.28. The first kappa shape index (κ1) is 19.4. The molecule has 1 aliphatic rings. The fourth-order valence-corrected chi connectivity index (χ4v) is 5.16. The van der Waals surface area contributed by atoms with E-state index in [0.717, 1.165) is 16.9 Å². The zero-order chi connectivity index (χ0) is 18.5. The maximum Gasteiger partial charge on any atom is 0.230 e. The number of hydrogen-bond donors (Lipinski definition) is 1. The molecule has 2 aromatic heterocycles. The number of hydrogen-bond acceptors (Lipinski definition) is 6. The summed E-state index contributed by atoms with van der Waals surface area (Å²) in [7, 11) is 3.58. The molecule has 0 saturated heterocycles. The van der Waals surface area contributed by atoms with Crippen LogP contribution in [-0.4, -0.2) is 46.7 Å². The van der Waals surface area contributed by atoms with Gasteiger partial charge >= 0.3 is 0 Å². The van der Waals surface area contributed by atoms with E-state index in [-0.39, 0.29) is 5.91 Å². The van der Waals surface area contributed by atoms with Gasteiger partial charge in [-0.15, -0.1) is 21.5 Å². The molecule has 142 valence electrons. The van der Waals surface area contributed by atoms with Crippen LogP contribution in [0.1, 0.15) is 30.2 Å². The number of aromatic nitrogens is 3. The van der Waals surface area contributed by atoms with Gasteiger partial charge in [-0.2, -0.15) is 0 Å². The molecule has 0 unspecified atom stereocenters. The van der Waals surface area contributed by atoms with Gasteiger partial charge in [0.05, 0.1) is 17.2 Å². The van der Waals surface area contributed by atoms with E-state index in [9.17, 15) is 4.79 Å². The molecule has 0 radical (unpaired) electrons. The Morgan fingerprint density at radius 2 is 2.35 bits per heavy atom. The minimum Gasteiger partial charge on any atom is -0.383 e. The third kappa shape index (κ3) is 4.47. The molecule has 26 heavy (non-hydrogen) atoms. The summed E-state index contributed by atoms with van der Waals surface area (Å²) in [5.41, 5.74) is 1.48. The second-order valence-electron chi connectivity index (χ2n) is 6.57. The van der Waals surface area contributed by atoms with Crippen molar-refractivity contribution in [1.82, 2.24) is 20.1 Å². The second kappa shape index (κ2) is 9.01. The maximum absolute atomic E-state index is 11.8. The van der Waals surface area contributed by atoms with Crippen molar-refractivity contribution in [1.29, 1.82) is 0 Å². The highest BCUT2D eigenvalue weighted by Gasteiger charge is 2.22. The molecular formula is C18H26N4O2S2. The van der Waals surface area contributed by atoms with Gasteiger partial charge in [0.2, 0.25) is 5.91 Å². The van der Waals surface area contributed by atoms with E-state index < -0.39 is 0 Å². The Kier molecular flexibility index (Phi) is 6.72. The first-order valence-electron chi connectivity index (χ1n) is 9.02. The van der Waals surface area contributed by atoms with E-state index in [1.807, 2.05) is 23.0 Å².